The summed E-state index contributed by atoms with van der Waals surface area (Å²) < 4.78 is 0. The largest absolute Gasteiger partial charge is 0.391 e. The quantitative estimate of drug-likeness (QED) is 0.849. The van der Waals surface area contributed by atoms with Crippen molar-refractivity contribution in [2.75, 3.05) is 6.54 Å². The van der Waals surface area contributed by atoms with Gasteiger partial charge in [0.25, 0.3) is 0 Å². The van der Waals surface area contributed by atoms with E-state index in [1.165, 1.54) is 12.8 Å². The van der Waals surface area contributed by atoms with Gasteiger partial charge in [-0.3, -0.25) is 0 Å². The Morgan fingerprint density at radius 3 is 3.00 bits per heavy atom. The molecule has 2 atom stereocenters. The fourth-order valence-corrected chi connectivity index (χ4v) is 2.47. The molecule has 2 N–H and O–H groups in total. The van der Waals surface area contributed by atoms with Gasteiger partial charge in [-0.05, 0) is 43.5 Å². The van der Waals surface area contributed by atoms with Gasteiger partial charge in [-0.15, -0.1) is 0 Å². The van der Waals surface area contributed by atoms with Crippen LogP contribution in [0.5, 0.6) is 0 Å². The summed E-state index contributed by atoms with van der Waals surface area (Å²) in [5.41, 5.74) is 1.10. The van der Waals surface area contributed by atoms with Gasteiger partial charge in [-0.1, -0.05) is 30.2 Å². The third-order valence-electron chi connectivity index (χ3n) is 3.15. The second-order valence-corrected chi connectivity index (χ2v) is 4.89. The van der Waals surface area contributed by atoms with Gasteiger partial charge in [0.1, 0.15) is 0 Å². The molecule has 0 amide bonds. The second kappa shape index (κ2) is 5.67. The molecule has 0 aliphatic carbocycles. The minimum atomic E-state index is -0.307. The van der Waals surface area contributed by atoms with Crippen LogP contribution in [-0.2, 0) is 6.42 Å². The highest BCUT2D eigenvalue weighted by Gasteiger charge is 2.21. The van der Waals surface area contributed by atoms with Crippen molar-refractivity contribution in [3.63, 3.8) is 0 Å². The number of halogens is 1. The van der Waals surface area contributed by atoms with Gasteiger partial charge in [0.05, 0.1) is 6.10 Å². The molecule has 0 saturated carbocycles. The van der Waals surface area contributed by atoms with Crippen molar-refractivity contribution >= 4 is 11.6 Å². The van der Waals surface area contributed by atoms with E-state index >= 15 is 0 Å². The third kappa shape index (κ3) is 3.21. The Hall–Kier alpha value is -0.570. The van der Waals surface area contributed by atoms with E-state index in [0.717, 1.165) is 23.6 Å². The summed E-state index contributed by atoms with van der Waals surface area (Å²) in [5, 5.41) is 14.2. The fourth-order valence-electron chi connectivity index (χ4n) is 2.25. The molecule has 1 aliphatic heterocycles. The minimum absolute atomic E-state index is 0.243. The molecule has 0 aromatic heterocycles. The maximum absolute atomic E-state index is 10.1. The zero-order chi connectivity index (χ0) is 11.4. The zero-order valence-corrected chi connectivity index (χ0v) is 10.1. The molecular weight excluding hydrogens is 222 g/mol. The third-order valence-corrected chi connectivity index (χ3v) is 3.38. The van der Waals surface area contributed by atoms with Crippen LogP contribution in [-0.4, -0.2) is 23.8 Å². The topological polar surface area (TPSA) is 32.3 Å². The Morgan fingerprint density at radius 1 is 1.44 bits per heavy atom. The number of benzene rings is 1. The van der Waals surface area contributed by atoms with Crippen molar-refractivity contribution in [1.82, 2.24) is 5.32 Å². The van der Waals surface area contributed by atoms with E-state index in [9.17, 15) is 5.11 Å². The van der Waals surface area contributed by atoms with Crippen LogP contribution in [0.3, 0.4) is 0 Å². The summed E-state index contributed by atoms with van der Waals surface area (Å²) in [7, 11) is 0. The molecule has 2 unspecified atom stereocenters. The van der Waals surface area contributed by atoms with Gasteiger partial charge in [0, 0.05) is 11.1 Å². The first-order valence-corrected chi connectivity index (χ1v) is 6.29. The molecule has 16 heavy (non-hydrogen) atoms. The molecule has 0 bridgehead atoms. The number of aliphatic hydroxyl groups excluding tert-OH is 1. The highest BCUT2D eigenvalue weighted by Crippen LogP contribution is 2.16. The Kier molecular flexibility index (Phi) is 4.22. The molecule has 2 nitrogen and oxygen atoms in total. The van der Waals surface area contributed by atoms with Crippen molar-refractivity contribution in [3.05, 3.63) is 34.9 Å². The van der Waals surface area contributed by atoms with E-state index in [1.54, 1.807) is 0 Å². The highest BCUT2D eigenvalue weighted by atomic mass is 35.5. The van der Waals surface area contributed by atoms with E-state index in [0.29, 0.717) is 6.42 Å². The summed E-state index contributed by atoms with van der Waals surface area (Å²) in [6.07, 6.45) is 3.88. The standard InChI is InChI=1S/C13H18ClNO/c14-11-5-3-4-10(8-11)9-13(16)12-6-1-2-7-15-12/h3-5,8,12-13,15-16H,1-2,6-7,9H2. The molecular formula is C13H18ClNO. The monoisotopic (exact) mass is 239 g/mol. The fraction of sp³-hybridized carbons (Fsp3) is 0.538. The maximum atomic E-state index is 10.1. The molecule has 1 aromatic rings. The maximum Gasteiger partial charge on any atom is 0.0733 e. The molecule has 0 radical (unpaired) electrons. The predicted molar refractivity (Wildman–Crippen MR) is 66.8 cm³/mol. The number of nitrogens with one attached hydrogen (secondary N) is 1. The van der Waals surface area contributed by atoms with Crippen LogP contribution >= 0.6 is 11.6 Å². The smallest absolute Gasteiger partial charge is 0.0733 e. The van der Waals surface area contributed by atoms with E-state index in [2.05, 4.69) is 5.32 Å². The first kappa shape index (κ1) is 11.9. The second-order valence-electron chi connectivity index (χ2n) is 4.46. The van der Waals surface area contributed by atoms with Crippen LogP contribution in [0.2, 0.25) is 5.02 Å². The van der Waals surface area contributed by atoms with Crippen LogP contribution in [0.4, 0.5) is 0 Å². The van der Waals surface area contributed by atoms with Crippen molar-refractivity contribution in [1.29, 1.82) is 0 Å². The lowest BCUT2D eigenvalue weighted by Crippen LogP contribution is -2.44. The molecule has 3 heteroatoms. The first-order chi connectivity index (χ1) is 7.75. The van der Waals surface area contributed by atoms with Crippen molar-refractivity contribution in [2.24, 2.45) is 0 Å². The van der Waals surface area contributed by atoms with Gasteiger partial charge in [-0.25, -0.2) is 0 Å². The number of hydrogen-bond acceptors (Lipinski definition) is 2. The molecule has 1 saturated heterocycles. The van der Waals surface area contributed by atoms with Crippen LogP contribution in [0.15, 0.2) is 24.3 Å². The number of aliphatic hydroxyl groups is 1. The Bertz CT molecular complexity index is 336. The van der Waals surface area contributed by atoms with Crippen LogP contribution in [0, 0.1) is 0 Å². The summed E-state index contributed by atoms with van der Waals surface area (Å²) in [6, 6.07) is 7.97. The Balaban J connectivity index is 1.93. The molecule has 1 aliphatic rings. The summed E-state index contributed by atoms with van der Waals surface area (Å²) in [4.78, 5) is 0. The van der Waals surface area contributed by atoms with Crippen molar-refractivity contribution in [3.8, 4) is 0 Å². The molecule has 1 heterocycles. The van der Waals surface area contributed by atoms with Gasteiger partial charge in [0.2, 0.25) is 0 Å². The molecule has 1 aromatic carbocycles. The molecule has 0 spiro atoms. The number of piperidine rings is 1. The van der Waals surface area contributed by atoms with E-state index in [1.807, 2.05) is 24.3 Å². The Morgan fingerprint density at radius 2 is 2.31 bits per heavy atom. The Labute approximate surface area is 102 Å². The zero-order valence-electron chi connectivity index (χ0n) is 9.32. The average molecular weight is 240 g/mol. The normalized spacial score (nSPS) is 23.0. The van der Waals surface area contributed by atoms with E-state index in [4.69, 9.17) is 11.6 Å². The van der Waals surface area contributed by atoms with Gasteiger partial charge in [-0.2, -0.15) is 0 Å². The first-order valence-electron chi connectivity index (χ1n) is 5.91. The van der Waals surface area contributed by atoms with Gasteiger partial charge in [0.15, 0.2) is 0 Å². The summed E-state index contributed by atoms with van der Waals surface area (Å²) in [5.74, 6) is 0. The van der Waals surface area contributed by atoms with Gasteiger partial charge < -0.3 is 10.4 Å². The van der Waals surface area contributed by atoms with Crippen molar-refractivity contribution in [2.45, 2.75) is 37.8 Å². The lowest BCUT2D eigenvalue weighted by molar-refractivity contribution is 0.113. The van der Waals surface area contributed by atoms with Crippen molar-refractivity contribution < 1.29 is 5.11 Å². The molecule has 2 rings (SSSR count). The molecule has 1 fully saturated rings. The SMILES string of the molecule is OC(Cc1cccc(Cl)c1)C1CCCCN1. The minimum Gasteiger partial charge on any atom is -0.391 e. The lowest BCUT2D eigenvalue weighted by atomic mass is 9.95. The number of rotatable bonds is 3. The summed E-state index contributed by atoms with van der Waals surface area (Å²) in [6.45, 7) is 1.03. The summed E-state index contributed by atoms with van der Waals surface area (Å²) >= 11 is 5.92. The molecule has 88 valence electrons. The van der Waals surface area contributed by atoms with Crippen LogP contribution in [0.1, 0.15) is 24.8 Å². The van der Waals surface area contributed by atoms with E-state index in [-0.39, 0.29) is 12.1 Å². The van der Waals surface area contributed by atoms with Crippen LogP contribution < -0.4 is 5.32 Å². The highest BCUT2D eigenvalue weighted by molar-refractivity contribution is 6.30. The predicted octanol–water partition coefficient (Wildman–Crippen LogP) is 2.39. The van der Waals surface area contributed by atoms with E-state index < -0.39 is 0 Å². The van der Waals surface area contributed by atoms with Crippen LogP contribution in [0.25, 0.3) is 0 Å². The average Bonchev–Trinajstić information content (AvgIpc) is 2.30. The van der Waals surface area contributed by atoms with Gasteiger partial charge >= 0.3 is 0 Å². The number of hydrogen-bond donors (Lipinski definition) is 2. The lowest BCUT2D eigenvalue weighted by Gasteiger charge is -2.28.